The van der Waals surface area contributed by atoms with Crippen molar-refractivity contribution >= 4 is 56.5 Å². The first-order chi connectivity index (χ1) is 15.8. The second-order valence-corrected chi connectivity index (χ2v) is 9.98. The van der Waals surface area contributed by atoms with Crippen molar-refractivity contribution < 1.29 is 14.4 Å². The number of thioether (sulfide) groups is 1. The van der Waals surface area contributed by atoms with E-state index in [-0.39, 0.29) is 28.8 Å². The summed E-state index contributed by atoms with van der Waals surface area (Å²) in [6, 6.07) is 11.7. The quantitative estimate of drug-likeness (QED) is 0.288. The molecule has 0 saturated carbocycles. The van der Waals surface area contributed by atoms with Crippen LogP contribution in [-0.4, -0.2) is 33.2 Å². The lowest BCUT2D eigenvalue weighted by molar-refractivity contribution is -0.113. The number of nitrogens with one attached hydrogen (secondary N) is 1. The molecule has 1 aliphatic rings. The van der Waals surface area contributed by atoms with E-state index in [0.29, 0.717) is 28.2 Å². The number of carbonyl (C=O) groups is 3. The van der Waals surface area contributed by atoms with Gasteiger partial charge in [-0.05, 0) is 32.4 Å². The van der Waals surface area contributed by atoms with Crippen molar-refractivity contribution in [1.29, 1.82) is 0 Å². The maximum absolute atomic E-state index is 13.1. The number of hydrogen-bond acceptors (Lipinski definition) is 7. The summed E-state index contributed by atoms with van der Waals surface area (Å²) in [5.74, 6) is 0.0182. The first kappa shape index (κ1) is 21.5. The zero-order valence-corrected chi connectivity index (χ0v) is 19.8. The highest BCUT2D eigenvalue weighted by atomic mass is 32.2. The molecule has 0 aliphatic heterocycles. The van der Waals surface area contributed by atoms with Gasteiger partial charge in [-0.15, -0.1) is 11.3 Å². The van der Waals surface area contributed by atoms with E-state index >= 15 is 0 Å². The molecule has 164 valence electrons. The largest absolute Gasteiger partial charge is 0.325 e. The Balaban J connectivity index is 1.41. The van der Waals surface area contributed by atoms with Crippen LogP contribution in [0.25, 0.3) is 10.2 Å². The summed E-state index contributed by atoms with van der Waals surface area (Å²) in [6.07, 6.45) is 0. The Bertz CT molecular complexity index is 1490. The molecule has 0 spiro atoms. The van der Waals surface area contributed by atoms with E-state index in [1.54, 1.807) is 53.8 Å². The number of benzene rings is 2. The number of fused-ring (bicyclic) bond motifs is 3. The number of rotatable bonds is 4. The third-order valence-corrected chi connectivity index (χ3v) is 7.75. The third kappa shape index (κ3) is 3.65. The van der Waals surface area contributed by atoms with Gasteiger partial charge < -0.3 is 5.32 Å². The zero-order valence-electron chi connectivity index (χ0n) is 18.2. The molecule has 2 heterocycles. The maximum atomic E-state index is 13.1. The summed E-state index contributed by atoms with van der Waals surface area (Å²) >= 11 is 2.96. The predicted octanol–water partition coefficient (Wildman–Crippen LogP) is 5.12. The molecule has 2 aromatic heterocycles. The van der Waals surface area contributed by atoms with Crippen LogP contribution in [0.5, 0.6) is 0 Å². The normalized spacial score (nSPS) is 12.6. The lowest BCUT2D eigenvalue weighted by atomic mass is 9.83. The standard InChI is InChI=1S/C25H19N3O3S2/c1-12-13(2)33-25-20(12)24(26-14(3)27-25)32-11-19(29)28-18-10-6-9-17-21(18)23(31)16-8-5-4-7-15(16)22(17)30/h4-10H,11H2,1-3H3,(H,28,29). The van der Waals surface area contributed by atoms with Gasteiger partial charge in [0.05, 0.1) is 17.0 Å². The minimum absolute atomic E-state index is 0.113. The van der Waals surface area contributed by atoms with Crippen molar-refractivity contribution in [2.45, 2.75) is 25.8 Å². The van der Waals surface area contributed by atoms with Crippen LogP contribution in [0.2, 0.25) is 0 Å². The van der Waals surface area contributed by atoms with Crippen molar-refractivity contribution in [3.8, 4) is 0 Å². The van der Waals surface area contributed by atoms with Gasteiger partial charge in [0.2, 0.25) is 5.91 Å². The van der Waals surface area contributed by atoms with Gasteiger partial charge in [0.1, 0.15) is 15.7 Å². The van der Waals surface area contributed by atoms with Gasteiger partial charge in [-0.3, -0.25) is 14.4 Å². The average molecular weight is 474 g/mol. The topological polar surface area (TPSA) is 89.0 Å². The van der Waals surface area contributed by atoms with Crippen LogP contribution in [0.3, 0.4) is 0 Å². The average Bonchev–Trinajstić information content (AvgIpc) is 3.08. The third-order valence-electron chi connectivity index (χ3n) is 5.67. The van der Waals surface area contributed by atoms with Crippen molar-refractivity contribution in [2.24, 2.45) is 0 Å². The molecule has 0 radical (unpaired) electrons. The van der Waals surface area contributed by atoms with E-state index in [1.165, 1.54) is 16.6 Å². The van der Waals surface area contributed by atoms with Crippen molar-refractivity contribution in [1.82, 2.24) is 9.97 Å². The minimum Gasteiger partial charge on any atom is -0.325 e. The molecule has 0 atom stereocenters. The zero-order chi connectivity index (χ0) is 23.3. The summed E-state index contributed by atoms with van der Waals surface area (Å²) in [5, 5.41) is 4.58. The summed E-state index contributed by atoms with van der Waals surface area (Å²) in [6.45, 7) is 5.92. The Morgan fingerprint density at radius 3 is 2.39 bits per heavy atom. The second kappa shape index (κ2) is 8.20. The summed E-state index contributed by atoms with van der Waals surface area (Å²) in [4.78, 5) is 50.1. The molecule has 0 fully saturated rings. The molecule has 1 N–H and O–H groups in total. The second-order valence-electron chi connectivity index (χ2n) is 7.81. The van der Waals surface area contributed by atoms with Crippen LogP contribution in [0.15, 0.2) is 47.5 Å². The van der Waals surface area contributed by atoms with E-state index in [0.717, 1.165) is 20.8 Å². The number of hydrogen-bond donors (Lipinski definition) is 1. The number of carbonyl (C=O) groups excluding carboxylic acids is 3. The Kier molecular flexibility index (Phi) is 5.34. The molecule has 1 aliphatic carbocycles. The number of anilines is 1. The van der Waals surface area contributed by atoms with Crippen LogP contribution < -0.4 is 5.32 Å². The molecular formula is C25H19N3O3S2. The number of aryl methyl sites for hydroxylation is 3. The van der Waals surface area contributed by atoms with E-state index < -0.39 is 0 Å². The number of aromatic nitrogens is 2. The molecule has 8 heteroatoms. The van der Waals surface area contributed by atoms with Gasteiger partial charge >= 0.3 is 0 Å². The van der Waals surface area contributed by atoms with Gasteiger partial charge in [-0.2, -0.15) is 0 Å². The van der Waals surface area contributed by atoms with Crippen molar-refractivity contribution in [3.05, 3.63) is 81.0 Å². The van der Waals surface area contributed by atoms with E-state index in [4.69, 9.17) is 0 Å². The minimum atomic E-state index is -0.276. The highest BCUT2D eigenvalue weighted by Gasteiger charge is 2.31. The number of nitrogens with zero attached hydrogens (tertiary/aromatic N) is 2. The molecule has 4 aromatic rings. The van der Waals surface area contributed by atoms with Crippen LogP contribution in [0.4, 0.5) is 5.69 Å². The lowest BCUT2D eigenvalue weighted by Gasteiger charge is -2.20. The maximum Gasteiger partial charge on any atom is 0.234 e. The van der Waals surface area contributed by atoms with Gasteiger partial charge in [-0.1, -0.05) is 48.2 Å². The summed E-state index contributed by atoms with van der Waals surface area (Å²) in [5.41, 5.74) is 2.76. The fraction of sp³-hybridized carbons (Fsp3) is 0.160. The first-order valence-corrected chi connectivity index (χ1v) is 12.1. The van der Waals surface area contributed by atoms with E-state index in [2.05, 4.69) is 15.3 Å². The van der Waals surface area contributed by atoms with Gasteiger partial charge in [-0.25, -0.2) is 9.97 Å². The van der Waals surface area contributed by atoms with Gasteiger partial charge in [0.15, 0.2) is 11.6 Å². The van der Waals surface area contributed by atoms with Crippen LogP contribution in [0.1, 0.15) is 48.1 Å². The highest BCUT2D eigenvalue weighted by Crippen LogP contribution is 2.36. The van der Waals surface area contributed by atoms with Crippen LogP contribution in [0, 0.1) is 20.8 Å². The Morgan fingerprint density at radius 1 is 0.939 bits per heavy atom. The Labute approximate surface area is 198 Å². The Hall–Kier alpha value is -3.36. The molecule has 0 saturated heterocycles. The van der Waals surface area contributed by atoms with Crippen molar-refractivity contribution in [3.63, 3.8) is 0 Å². The smallest absolute Gasteiger partial charge is 0.234 e. The number of thiophene rings is 1. The fourth-order valence-corrected chi connectivity index (χ4v) is 6.06. The molecule has 0 unspecified atom stereocenters. The number of amides is 1. The van der Waals surface area contributed by atoms with Crippen molar-refractivity contribution in [2.75, 3.05) is 11.1 Å². The molecule has 5 rings (SSSR count). The number of ketones is 2. The summed E-state index contributed by atoms with van der Waals surface area (Å²) in [7, 11) is 0. The monoisotopic (exact) mass is 473 g/mol. The SMILES string of the molecule is Cc1nc(SCC(=O)Nc2cccc3c2C(=O)c2ccccc2C3=O)c2c(C)c(C)sc2n1. The molecule has 0 bridgehead atoms. The molecule has 1 amide bonds. The van der Waals surface area contributed by atoms with E-state index in [9.17, 15) is 14.4 Å². The molecular weight excluding hydrogens is 454 g/mol. The lowest BCUT2D eigenvalue weighted by Crippen LogP contribution is -2.24. The fourth-order valence-electron chi connectivity index (χ4n) is 3.99. The Morgan fingerprint density at radius 2 is 1.64 bits per heavy atom. The highest BCUT2D eigenvalue weighted by molar-refractivity contribution is 8.00. The van der Waals surface area contributed by atoms with Crippen LogP contribution in [-0.2, 0) is 4.79 Å². The molecule has 33 heavy (non-hydrogen) atoms. The van der Waals surface area contributed by atoms with Gasteiger partial charge in [0.25, 0.3) is 0 Å². The van der Waals surface area contributed by atoms with Crippen LogP contribution >= 0.6 is 23.1 Å². The molecule has 6 nitrogen and oxygen atoms in total. The molecule has 2 aromatic carbocycles. The summed E-state index contributed by atoms with van der Waals surface area (Å²) < 4.78 is 0. The first-order valence-electron chi connectivity index (χ1n) is 10.3. The predicted molar refractivity (Wildman–Crippen MR) is 131 cm³/mol. The van der Waals surface area contributed by atoms with E-state index in [1.807, 2.05) is 20.8 Å². The van der Waals surface area contributed by atoms with Gasteiger partial charge in [0, 0.05) is 27.0 Å².